The third-order valence-electron chi connectivity index (χ3n) is 4.42. The van der Waals surface area contributed by atoms with Crippen LogP contribution in [0.15, 0.2) is 12.3 Å². The van der Waals surface area contributed by atoms with Crippen LogP contribution in [-0.4, -0.2) is 35.3 Å². The van der Waals surface area contributed by atoms with Crippen LogP contribution >= 0.6 is 22.9 Å². The molecule has 0 atom stereocenters. The lowest BCUT2D eigenvalue weighted by Crippen LogP contribution is -2.22. The van der Waals surface area contributed by atoms with Crippen molar-refractivity contribution in [2.24, 2.45) is 5.92 Å². The Morgan fingerprint density at radius 3 is 2.75 bits per heavy atom. The second-order valence-corrected chi connectivity index (χ2v) is 7.22. The first-order valence-electron chi connectivity index (χ1n) is 7.87. The quantitative estimate of drug-likeness (QED) is 0.656. The van der Waals surface area contributed by atoms with Crippen molar-refractivity contribution in [3.8, 4) is 10.6 Å². The van der Waals surface area contributed by atoms with Gasteiger partial charge in [0, 0.05) is 24.8 Å². The Labute approximate surface area is 149 Å². The fraction of sp³-hybridized carbons (Fsp3) is 0.500. The van der Waals surface area contributed by atoms with E-state index < -0.39 is 0 Å². The highest BCUT2D eigenvalue weighted by Gasteiger charge is 2.29. The standard InChI is InChI=1S/C16H19ClN4O2S/c1-18-12-7-13(17)19-8-11(12)15-21-20-14(24-15)9-3-5-10(6-4-9)16(22)23-2/h7-10H,3-6H2,1-2H3,(H,18,19)/t9-,10-. The molecule has 0 aliphatic heterocycles. The first kappa shape index (κ1) is 17.1. The highest BCUT2D eigenvalue weighted by Crippen LogP contribution is 2.40. The van der Waals surface area contributed by atoms with Crippen molar-refractivity contribution in [3.05, 3.63) is 22.4 Å². The van der Waals surface area contributed by atoms with Crippen molar-refractivity contribution in [3.63, 3.8) is 0 Å². The molecule has 2 aromatic heterocycles. The number of anilines is 1. The number of carbonyl (C=O) groups excluding carboxylic acids is 1. The molecule has 2 heterocycles. The lowest BCUT2D eigenvalue weighted by atomic mass is 9.82. The fourth-order valence-corrected chi connectivity index (χ4v) is 4.25. The van der Waals surface area contributed by atoms with E-state index in [-0.39, 0.29) is 11.9 Å². The Hall–Kier alpha value is -1.73. The smallest absolute Gasteiger partial charge is 0.308 e. The molecule has 0 radical (unpaired) electrons. The Balaban J connectivity index is 1.74. The van der Waals surface area contributed by atoms with Gasteiger partial charge >= 0.3 is 5.97 Å². The highest BCUT2D eigenvalue weighted by atomic mass is 35.5. The molecule has 0 saturated heterocycles. The van der Waals surface area contributed by atoms with E-state index in [0.29, 0.717) is 11.1 Å². The van der Waals surface area contributed by atoms with Crippen LogP contribution in [-0.2, 0) is 9.53 Å². The zero-order valence-corrected chi connectivity index (χ0v) is 15.2. The van der Waals surface area contributed by atoms with E-state index in [1.165, 1.54) is 7.11 Å². The summed E-state index contributed by atoms with van der Waals surface area (Å²) in [5, 5.41) is 14.1. The van der Waals surface area contributed by atoms with Gasteiger partial charge < -0.3 is 10.1 Å². The predicted octanol–water partition coefficient (Wildman–Crippen LogP) is 3.74. The minimum Gasteiger partial charge on any atom is -0.469 e. The van der Waals surface area contributed by atoms with Gasteiger partial charge in [0.05, 0.1) is 18.6 Å². The van der Waals surface area contributed by atoms with Crippen LogP contribution in [0, 0.1) is 5.92 Å². The Morgan fingerprint density at radius 2 is 2.08 bits per heavy atom. The van der Waals surface area contributed by atoms with Crippen LogP contribution in [0.2, 0.25) is 5.15 Å². The number of nitrogens with one attached hydrogen (secondary N) is 1. The van der Waals surface area contributed by atoms with E-state index in [1.54, 1.807) is 23.6 Å². The van der Waals surface area contributed by atoms with Crippen LogP contribution in [0.5, 0.6) is 0 Å². The summed E-state index contributed by atoms with van der Waals surface area (Å²) in [4.78, 5) is 15.8. The van der Waals surface area contributed by atoms with E-state index in [9.17, 15) is 4.79 Å². The van der Waals surface area contributed by atoms with Gasteiger partial charge in [0.1, 0.15) is 10.2 Å². The number of aromatic nitrogens is 3. The van der Waals surface area contributed by atoms with Gasteiger partial charge in [-0.25, -0.2) is 4.98 Å². The maximum atomic E-state index is 11.6. The lowest BCUT2D eigenvalue weighted by molar-refractivity contribution is -0.146. The van der Waals surface area contributed by atoms with Crippen molar-refractivity contribution in [1.82, 2.24) is 15.2 Å². The van der Waals surface area contributed by atoms with E-state index in [2.05, 4.69) is 20.5 Å². The maximum Gasteiger partial charge on any atom is 0.308 e. The number of pyridine rings is 1. The van der Waals surface area contributed by atoms with E-state index >= 15 is 0 Å². The van der Waals surface area contributed by atoms with Gasteiger partial charge in [-0.1, -0.05) is 22.9 Å². The molecule has 0 aromatic carbocycles. The van der Waals surface area contributed by atoms with Gasteiger partial charge in [-0.2, -0.15) is 0 Å². The van der Waals surface area contributed by atoms with Crippen LogP contribution in [0.25, 0.3) is 10.6 Å². The summed E-state index contributed by atoms with van der Waals surface area (Å²) in [6.07, 6.45) is 5.28. The molecular formula is C16H19ClN4O2S. The van der Waals surface area contributed by atoms with E-state index in [1.807, 2.05) is 7.05 Å². The molecule has 2 aromatic rings. The second-order valence-electron chi connectivity index (χ2n) is 5.82. The van der Waals surface area contributed by atoms with Crippen molar-refractivity contribution < 1.29 is 9.53 Å². The topological polar surface area (TPSA) is 77.0 Å². The van der Waals surface area contributed by atoms with Crippen LogP contribution in [0.4, 0.5) is 5.69 Å². The summed E-state index contributed by atoms with van der Waals surface area (Å²) in [6.45, 7) is 0. The Morgan fingerprint density at radius 1 is 1.33 bits per heavy atom. The molecule has 1 aliphatic rings. The molecule has 3 rings (SSSR count). The molecule has 0 bridgehead atoms. The average molecular weight is 367 g/mol. The molecule has 0 amide bonds. The molecule has 1 fully saturated rings. The van der Waals surface area contributed by atoms with Crippen molar-refractivity contribution in [1.29, 1.82) is 0 Å². The molecule has 24 heavy (non-hydrogen) atoms. The molecule has 0 unspecified atom stereocenters. The van der Waals surface area contributed by atoms with Crippen LogP contribution in [0.1, 0.15) is 36.6 Å². The van der Waals surface area contributed by atoms with Gasteiger partial charge in [-0.05, 0) is 31.7 Å². The van der Waals surface area contributed by atoms with Gasteiger partial charge in [0.2, 0.25) is 0 Å². The molecule has 1 N–H and O–H groups in total. The Kier molecular flexibility index (Phi) is 5.30. The second kappa shape index (κ2) is 7.44. The maximum absolute atomic E-state index is 11.6. The zero-order valence-electron chi connectivity index (χ0n) is 13.6. The Bertz CT molecular complexity index is 729. The number of hydrogen-bond donors (Lipinski definition) is 1. The van der Waals surface area contributed by atoms with Crippen LogP contribution < -0.4 is 5.32 Å². The van der Waals surface area contributed by atoms with Crippen LogP contribution in [0.3, 0.4) is 0 Å². The summed E-state index contributed by atoms with van der Waals surface area (Å²) < 4.78 is 4.84. The number of halogens is 1. The largest absolute Gasteiger partial charge is 0.469 e. The SMILES string of the molecule is CNc1cc(Cl)ncc1-c1nnc([C@H]2CC[C@H](C(=O)OC)CC2)s1. The summed E-state index contributed by atoms with van der Waals surface area (Å²) in [5.41, 5.74) is 1.78. The molecule has 1 aliphatic carbocycles. The number of nitrogens with zero attached hydrogens (tertiary/aromatic N) is 3. The lowest BCUT2D eigenvalue weighted by Gasteiger charge is -2.25. The number of ether oxygens (including phenoxy) is 1. The predicted molar refractivity (Wildman–Crippen MR) is 94.4 cm³/mol. The van der Waals surface area contributed by atoms with E-state index in [0.717, 1.165) is 46.9 Å². The molecule has 1 saturated carbocycles. The molecule has 6 nitrogen and oxygen atoms in total. The number of methoxy groups -OCH3 is 1. The first-order valence-corrected chi connectivity index (χ1v) is 9.06. The molecule has 128 valence electrons. The van der Waals surface area contributed by atoms with Gasteiger partial charge in [-0.3, -0.25) is 4.79 Å². The summed E-state index contributed by atoms with van der Waals surface area (Å²) in [7, 11) is 3.29. The monoisotopic (exact) mass is 366 g/mol. The van der Waals surface area contributed by atoms with Crippen molar-refractivity contribution >= 4 is 34.6 Å². The van der Waals surface area contributed by atoms with Crippen molar-refractivity contribution in [2.75, 3.05) is 19.5 Å². The number of rotatable bonds is 4. The van der Waals surface area contributed by atoms with Gasteiger partial charge in [-0.15, -0.1) is 10.2 Å². The molecule has 8 heteroatoms. The van der Waals surface area contributed by atoms with Gasteiger partial charge in [0.25, 0.3) is 0 Å². The van der Waals surface area contributed by atoms with E-state index in [4.69, 9.17) is 16.3 Å². The molecular weight excluding hydrogens is 348 g/mol. The minimum absolute atomic E-state index is 0.0231. The number of esters is 1. The summed E-state index contributed by atoms with van der Waals surface area (Å²) in [6, 6.07) is 1.78. The third-order valence-corrected chi connectivity index (χ3v) is 5.75. The fourth-order valence-electron chi connectivity index (χ4n) is 3.06. The van der Waals surface area contributed by atoms with Gasteiger partial charge in [0.15, 0.2) is 5.01 Å². The molecule has 0 spiro atoms. The number of hydrogen-bond acceptors (Lipinski definition) is 7. The van der Waals surface area contributed by atoms with Crippen molar-refractivity contribution in [2.45, 2.75) is 31.6 Å². The third kappa shape index (κ3) is 3.52. The minimum atomic E-state index is -0.0997. The zero-order chi connectivity index (χ0) is 17.1. The normalized spacial score (nSPS) is 20.6. The first-order chi connectivity index (χ1) is 11.6. The average Bonchev–Trinajstić information content (AvgIpc) is 3.10. The highest BCUT2D eigenvalue weighted by molar-refractivity contribution is 7.14. The summed E-state index contributed by atoms with van der Waals surface area (Å²) >= 11 is 7.52. The number of carbonyl (C=O) groups is 1. The summed E-state index contributed by atoms with van der Waals surface area (Å²) in [5.74, 6) is 0.280.